The highest BCUT2D eigenvalue weighted by Crippen LogP contribution is 2.14. The van der Waals surface area contributed by atoms with Crippen molar-refractivity contribution in [2.24, 2.45) is 0 Å². The summed E-state index contributed by atoms with van der Waals surface area (Å²) >= 11 is 0. The summed E-state index contributed by atoms with van der Waals surface area (Å²) in [5, 5.41) is 11.8. The molecule has 1 fully saturated rings. The largest absolute Gasteiger partial charge is 0.480 e. The molecule has 1 aliphatic heterocycles. The Hall–Kier alpha value is -1.30. The second kappa shape index (κ2) is 4.91. The number of carboxylic acid groups (broad SMARTS) is 1. The van der Waals surface area contributed by atoms with Gasteiger partial charge < -0.3 is 20.1 Å². The summed E-state index contributed by atoms with van der Waals surface area (Å²) < 4.78 is 5.24. The monoisotopic (exact) mass is 244 g/mol. The third-order valence-electron chi connectivity index (χ3n) is 2.50. The summed E-state index contributed by atoms with van der Waals surface area (Å²) in [6.45, 7) is 7.79. The molecule has 6 nitrogen and oxygen atoms in total. The van der Waals surface area contributed by atoms with Crippen molar-refractivity contribution in [3.63, 3.8) is 0 Å². The van der Waals surface area contributed by atoms with Gasteiger partial charge in [-0.25, -0.2) is 4.79 Å². The van der Waals surface area contributed by atoms with Gasteiger partial charge >= 0.3 is 12.1 Å². The highest BCUT2D eigenvalue weighted by Gasteiger charge is 2.34. The lowest BCUT2D eigenvalue weighted by Gasteiger charge is -2.37. The predicted molar refractivity (Wildman–Crippen MR) is 61.8 cm³/mol. The van der Waals surface area contributed by atoms with Gasteiger partial charge in [-0.15, -0.1) is 0 Å². The van der Waals surface area contributed by atoms with E-state index in [-0.39, 0.29) is 12.6 Å². The Morgan fingerprint density at radius 2 is 2.00 bits per heavy atom. The van der Waals surface area contributed by atoms with E-state index in [0.29, 0.717) is 6.54 Å². The van der Waals surface area contributed by atoms with Crippen LogP contribution in [0.2, 0.25) is 0 Å². The fourth-order valence-electron chi connectivity index (χ4n) is 1.60. The lowest BCUT2D eigenvalue weighted by molar-refractivity contribution is -0.140. The lowest BCUT2D eigenvalue weighted by Crippen LogP contribution is -2.60. The van der Waals surface area contributed by atoms with Crippen LogP contribution in [0.3, 0.4) is 0 Å². The number of carbonyl (C=O) groups excluding carboxylic acids is 1. The van der Waals surface area contributed by atoms with E-state index in [1.807, 2.05) is 6.92 Å². The van der Waals surface area contributed by atoms with Gasteiger partial charge in [0.1, 0.15) is 11.6 Å². The molecule has 2 atom stereocenters. The van der Waals surface area contributed by atoms with Gasteiger partial charge in [0.25, 0.3) is 0 Å². The molecule has 0 aromatic carbocycles. The molecule has 0 bridgehead atoms. The van der Waals surface area contributed by atoms with Gasteiger partial charge in [0.05, 0.1) is 6.54 Å². The number of ether oxygens (including phenoxy) is 1. The normalized spacial score (nSPS) is 25.5. The second-order valence-electron chi connectivity index (χ2n) is 5.28. The van der Waals surface area contributed by atoms with Gasteiger partial charge in [0, 0.05) is 12.6 Å². The van der Waals surface area contributed by atoms with Crippen LogP contribution < -0.4 is 5.32 Å². The van der Waals surface area contributed by atoms with Crippen LogP contribution >= 0.6 is 0 Å². The smallest absolute Gasteiger partial charge is 0.410 e. The van der Waals surface area contributed by atoms with Crippen molar-refractivity contribution in [2.45, 2.75) is 45.4 Å². The highest BCUT2D eigenvalue weighted by molar-refractivity contribution is 5.76. The highest BCUT2D eigenvalue weighted by atomic mass is 16.6. The number of hydrogen-bond acceptors (Lipinski definition) is 4. The van der Waals surface area contributed by atoms with E-state index >= 15 is 0 Å². The first-order valence-electron chi connectivity index (χ1n) is 5.66. The van der Waals surface area contributed by atoms with Crippen LogP contribution in [0, 0.1) is 0 Å². The molecular formula is C11H20N2O4. The molecule has 1 saturated heterocycles. The van der Waals surface area contributed by atoms with Crippen molar-refractivity contribution in [1.29, 1.82) is 0 Å². The van der Waals surface area contributed by atoms with Crippen molar-refractivity contribution < 1.29 is 19.4 Å². The summed E-state index contributed by atoms with van der Waals surface area (Å²) in [7, 11) is 0. The molecule has 1 amide bonds. The van der Waals surface area contributed by atoms with Crippen molar-refractivity contribution >= 4 is 12.1 Å². The molecule has 98 valence electrons. The maximum Gasteiger partial charge on any atom is 0.410 e. The standard InChI is InChI=1S/C11H20N2O4/c1-7-5-12-8(9(14)15)6-13(7)10(16)17-11(2,3)4/h7-8,12H,5-6H2,1-4H3,(H,14,15)/t7-,8+/m1/s1. The number of aliphatic carboxylic acids is 1. The molecular weight excluding hydrogens is 224 g/mol. The molecule has 17 heavy (non-hydrogen) atoms. The Labute approximate surface area is 101 Å². The SMILES string of the molecule is C[C@@H]1CN[C@H](C(=O)O)CN1C(=O)OC(C)(C)C. The number of piperazine rings is 1. The first-order chi connectivity index (χ1) is 7.70. The Morgan fingerprint density at radius 1 is 1.41 bits per heavy atom. The molecule has 2 N–H and O–H groups in total. The van der Waals surface area contributed by atoms with Crippen LogP contribution in [0.25, 0.3) is 0 Å². The van der Waals surface area contributed by atoms with Gasteiger partial charge in [0.2, 0.25) is 0 Å². The number of nitrogens with zero attached hydrogens (tertiary/aromatic N) is 1. The van der Waals surface area contributed by atoms with E-state index in [4.69, 9.17) is 9.84 Å². The van der Waals surface area contributed by atoms with Crippen LogP contribution in [0.5, 0.6) is 0 Å². The quantitative estimate of drug-likeness (QED) is 0.708. The van der Waals surface area contributed by atoms with Crippen molar-refractivity contribution in [3.8, 4) is 0 Å². The van der Waals surface area contributed by atoms with Crippen LogP contribution in [0.1, 0.15) is 27.7 Å². The average Bonchev–Trinajstić information content (AvgIpc) is 2.14. The Kier molecular flexibility index (Phi) is 3.98. The topological polar surface area (TPSA) is 78.9 Å². The molecule has 1 aliphatic rings. The van der Waals surface area contributed by atoms with Gasteiger partial charge in [0.15, 0.2) is 0 Å². The number of amides is 1. The minimum Gasteiger partial charge on any atom is -0.480 e. The fourth-order valence-corrected chi connectivity index (χ4v) is 1.60. The van der Waals surface area contributed by atoms with Gasteiger partial charge in [-0.05, 0) is 27.7 Å². The van der Waals surface area contributed by atoms with Crippen LogP contribution in [0.15, 0.2) is 0 Å². The molecule has 0 unspecified atom stereocenters. The number of carboxylic acids is 1. The van der Waals surface area contributed by atoms with E-state index in [2.05, 4.69) is 5.32 Å². The fraction of sp³-hybridized carbons (Fsp3) is 0.818. The minimum absolute atomic E-state index is 0.0690. The predicted octanol–water partition coefficient (Wildman–Crippen LogP) is 0.668. The molecule has 1 heterocycles. The zero-order valence-electron chi connectivity index (χ0n) is 10.7. The molecule has 0 saturated carbocycles. The van der Waals surface area contributed by atoms with Crippen LogP contribution in [0.4, 0.5) is 4.79 Å². The summed E-state index contributed by atoms with van der Waals surface area (Å²) in [6, 6.07) is -0.792. The number of hydrogen-bond donors (Lipinski definition) is 2. The number of rotatable bonds is 1. The van der Waals surface area contributed by atoms with E-state index in [9.17, 15) is 9.59 Å². The third kappa shape index (κ3) is 3.89. The lowest BCUT2D eigenvalue weighted by atomic mass is 10.1. The maximum atomic E-state index is 11.9. The Bertz CT molecular complexity index is 311. The number of carbonyl (C=O) groups is 2. The maximum absolute atomic E-state index is 11.9. The Morgan fingerprint density at radius 3 is 2.47 bits per heavy atom. The van der Waals surface area contributed by atoms with Crippen molar-refractivity contribution in [1.82, 2.24) is 10.2 Å². The zero-order chi connectivity index (χ0) is 13.2. The summed E-state index contributed by atoms with van der Waals surface area (Å²) in [5.74, 6) is -0.953. The van der Waals surface area contributed by atoms with Crippen molar-refractivity contribution in [3.05, 3.63) is 0 Å². The molecule has 0 aromatic heterocycles. The zero-order valence-corrected chi connectivity index (χ0v) is 10.7. The summed E-state index contributed by atoms with van der Waals surface area (Å²) in [5.41, 5.74) is -0.569. The van der Waals surface area contributed by atoms with Crippen LogP contribution in [-0.4, -0.2) is 52.8 Å². The van der Waals surface area contributed by atoms with E-state index in [1.54, 1.807) is 20.8 Å². The average molecular weight is 244 g/mol. The summed E-state index contributed by atoms with van der Waals surface area (Å²) in [4.78, 5) is 24.2. The molecule has 0 aromatic rings. The molecule has 6 heteroatoms. The van der Waals surface area contributed by atoms with Gasteiger partial charge in [-0.2, -0.15) is 0 Å². The van der Waals surface area contributed by atoms with Gasteiger partial charge in [-0.3, -0.25) is 4.79 Å². The first kappa shape index (κ1) is 13.8. The summed E-state index contributed by atoms with van der Waals surface area (Å²) in [6.07, 6.45) is -0.460. The number of nitrogens with one attached hydrogen (secondary N) is 1. The van der Waals surface area contributed by atoms with Crippen molar-refractivity contribution in [2.75, 3.05) is 13.1 Å². The first-order valence-corrected chi connectivity index (χ1v) is 5.66. The molecule has 1 rings (SSSR count). The van der Waals surface area contributed by atoms with E-state index in [0.717, 1.165) is 0 Å². The molecule has 0 radical (unpaired) electrons. The second-order valence-corrected chi connectivity index (χ2v) is 5.28. The molecule has 0 aliphatic carbocycles. The minimum atomic E-state index is -0.953. The third-order valence-corrected chi connectivity index (χ3v) is 2.50. The van der Waals surface area contributed by atoms with E-state index in [1.165, 1.54) is 4.90 Å². The van der Waals surface area contributed by atoms with E-state index < -0.39 is 23.7 Å². The molecule has 0 spiro atoms. The Balaban J connectivity index is 2.67. The van der Waals surface area contributed by atoms with Gasteiger partial charge in [-0.1, -0.05) is 0 Å². The van der Waals surface area contributed by atoms with Crippen LogP contribution in [-0.2, 0) is 9.53 Å².